The molecule has 0 aliphatic rings. The van der Waals surface area contributed by atoms with E-state index in [1.54, 1.807) is 0 Å². The molecule has 0 bridgehead atoms. The number of nitrogens with zero attached hydrogens (tertiary/aromatic N) is 2. The summed E-state index contributed by atoms with van der Waals surface area (Å²) in [6.07, 6.45) is 14.7. The number of hydrogen-bond acceptors (Lipinski definition) is 4. The predicted octanol–water partition coefficient (Wildman–Crippen LogP) is 8.45. The molecule has 3 rings (SSSR count). The van der Waals surface area contributed by atoms with Crippen molar-refractivity contribution in [3.63, 3.8) is 0 Å². The van der Waals surface area contributed by atoms with Crippen molar-refractivity contribution in [3.05, 3.63) is 66.5 Å². The lowest BCUT2D eigenvalue weighted by Crippen LogP contribution is -2.07. The highest BCUT2D eigenvalue weighted by molar-refractivity contribution is 5.73. The lowest BCUT2D eigenvalue weighted by atomic mass is 10.0. The third-order valence-corrected chi connectivity index (χ3v) is 6.63. The zero-order chi connectivity index (χ0) is 24.9. The van der Waals surface area contributed by atoms with Gasteiger partial charge in [0, 0.05) is 29.9 Å². The predicted molar refractivity (Wildman–Crippen MR) is 144 cm³/mol. The fourth-order valence-corrected chi connectivity index (χ4v) is 4.07. The fraction of sp³-hybridized carbons (Fsp3) is 0.452. The molecular formula is C31H40N2O2. The minimum atomic E-state index is -0.165. The molecule has 1 unspecified atom stereocenters. The molecule has 0 aliphatic heterocycles. The van der Waals surface area contributed by atoms with Gasteiger partial charge in [-0.3, -0.25) is 4.79 Å². The van der Waals surface area contributed by atoms with Crippen LogP contribution in [-0.2, 0) is 11.2 Å². The molecule has 1 heterocycles. The topological polar surface area (TPSA) is 52.1 Å². The van der Waals surface area contributed by atoms with Gasteiger partial charge in [-0.2, -0.15) is 0 Å². The minimum Gasteiger partial charge on any atom is -0.427 e. The van der Waals surface area contributed by atoms with Gasteiger partial charge in [0.05, 0.1) is 0 Å². The molecule has 0 radical (unpaired) electrons. The summed E-state index contributed by atoms with van der Waals surface area (Å²) >= 11 is 0. The highest BCUT2D eigenvalue weighted by Gasteiger charge is 2.08. The Kier molecular flexibility index (Phi) is 10.9. The molecular weight excluding hydrogens is 432 g/mol. The smallest absolute Gasteiger partial charge is 0.311 e. The van der Waals surface area contributed by atoms with E-state index in [9.17, 15) is 4.79 Å². The average molecular weight is 473 g/mol. The zero-order valence-electron chi connectivity index (χ0n) is 21.6. The second-order valence-electron chi connectivity index (χ2n) is 9.56. The van der Waals surface area contributed by atoms with E-state index in [-0.39, 0.29) is 5.97 Å². The molecule has 3 aromatic rings. The Bertz CT molecular complexity index is 1010. The van der Waals surface area contributed by atoms with Crippen LogP contribution in [0.25, 0.3) is 22.5 Å². The second kappa shape index (κ2) is 14.4. The van der Waals surface area contributed by atoms with Crippen LogP contribution in [-0.4, -0.2) is 15.9 Å². The van der Waals surface area contributed by atoms with Gasteiger partial charge in [0.2, 0.25) is 0 Å². The third-order valence-electron chi connectivity index (χ3n) is 6.63. The quantitative estimate of drug-likeness (QED) is 0.134. The Morgan fingerprint density at radius 2 is 1.49 bits per heavy atom. The van der Waals surface area contributed by atoms with Gasteiger partial charge in [-0.05, 0) is 48.4 Å². The molecule has 0 spiro atoms. The lowest BCUT2D eigenvalue weighted by molar-refractivity contribution is -0.134. The van der Waals surface area contributed by atoms with Crippen molar-refractivity contribution >= 4 is 5.97 Å². The van der Waals surface area contributed by atoms with E-state index in [0.29, 0.717) is 12.2 Å². The van der Waals surface area contributed by atoms with Crippen molar-refractivity contribution in [3.8, 4) is 28.3 Å². The number of hydrogen-bond donors (Lipinski definition) is 0. The van der Waals surface area contributed by atoms with Crippen LogP contribution in [0.3, 0.4) is 0 Å². The molecule has 1 aromatic heterocycles. The van der Waals surface area contributed by atoms with Crippen molar-refractivity contribution in [1.82, 2.24) is 9.97 Å². The van der Waals surface area contributed by atoms with Gasteiger partial charge in [0.1, 0.15) is 5.75 Å². The number of rotatable bonds is 14. The number of aryl methyl sites for hydroxylation is 1. The van der Waals surface area contributed by atoms with Gasteiger partial charge in [-0.25, -0.2) is 9.97 Å². The standard InChI is InChI=1S/C31H40N2O2/c1-4-6-7-8-12-25-14-16-27(17-15-25)31-32-22-28(23-33-31)26-18-20-29(21-19-26)35-30(34)13-10-9-11-24(3)5-2/h14-24H,4-13H2,1-3H3. The van der Waals surface area contributed by atoms with Crippen LogP contribution >= 0.6 is 0 Å². The van der Waals surface area contributed by atoms with Crippen LogP contribution in [0, 0.1) is 5.92 Å². The van der Waals surface area contributed by atoms with Crippen LogP contribution < -0.4 is 4.74 Å². The molecule has 2 aromatic carbocycles. The molecule has 35 heavy (non-hydrogen) atoms. The van der Waals surface area contributed by atoms with Crippen LogP contribution in [0.15, 0.2) is 60.9 Å². The van der Waals surface area contributed by atoms with Gasteiger partial charge < -0.3 is 4.74 Å². The average Bonchev–Trinajstić information content (AvgIpc) is 2.90. The molecule has 0 saturated carbocycles. The van der Waals surface area contributed by atoms with E-state index < -0.39 is 0 Å². The summed E-state index contributed by atoms with van der Waals surface area (Å²) in [5.74, 6) is 1.86. The van der Waals surface area contributed by atoms with E-state index in [1.807, 2.05) is 36.7 Å². The molecule has 0 saturated heterocycles. The maximum Gasteiger partial charge on any atom is 0.311 e. The first-order valence-corrected chi connectivity index (χ1v) is 13.3. The highest BCUT2D eigenvalue weighted by atomic mass is 16.5. The van der Waals surface area contributed by atoms with E-state index in [1.165, 1.54) is 44.1 Å². The number of aromatic nitrogens is 2. The maximum atomic E-state index is 12.1. The largest absolute Gasteiger partial charge is 0.427 e. The summed E-state index contributed by atoms with van der Waals surface area (Å²) in [7, 11) is 0. The van der Waals surface area contributed by atoms with Crippen molar-refractivity contribution in [2.75, 3.05) is 0 Å². The Morgan fingerprint density at radius 1 is 0.800 bits per heavy atom. The first-order valence-electron chi connectivity index (χ1n) is 13.3. The van der Waals surface area contributed by atoms with Crippen LogP contribution in [0.5, 0.6) is 5.75 Å². The van der Waals surface area contributed by atoms with E-state index >= 15 is 0 Å². The summed E-state index contributed by atoms with van der Waals surface area (Å²) in [6, 6.07) is 16.1. The van der Waals surface area contributed by atoms with Gasteiger partial charge in [0.15, 0.2) is 5.82 Å². The van der Waals surface area contributed by atoms with Crippen LogP contribution in [0.1, 0.15) is 84.1 Å². The Morgan fingerprint density at radius 3 is 2.14 bits per heavy atom. The SMILES string of the molecule is CCCCCCc1ccc(-c2ncc(-c3ccc(OC(=O)CCCCC(C)CC)cc3)cn2)cc1. The number of benzene rings is 2. The first-order chi connectivity index (χ1) is 17.1. The summed E-state index contributed by atoms with van der Waals surface area (Å²) in [5.41, 5.74) is 4.32. The number of carbonyl (C=O) groups excluding carboxylic acids is 1. The molecule has 4 nitrogen and oxygen atoms in total. The Hall–Kier alpha value is -3.01. The Labute approximate surface area is 211 Å². The van der Waals surface area contributed by atoms with Crippen molar-refractivity contribution in [2.45, 2.75) is 85.0 Å². The number of esters is 1. The minimum absolute atomic E-state index is 0.165. The van der Waals surface area contributed by atoms with Crippen LogP contribution in [0.4, 0.5) is 0 Å². The van der Waals surface area contributed by atoms with Gasteiger partial charge in [-0.1, -0.05) is 95.7 Å². The maximum absolute atomic E-state index is 12.1. The molecule has 1 atom stereocenters. The van der Waals surface area contributed by atoms with Gasteiger partial charge >= 0.3 is 5.97 Å². The van der Waals surface area contributed by atoms with Crippen molar-refractivity contribution < 1.29 is 9.53 Å². The number of ether oxygens (including phenoxy) is 1. The monoisotopic (exact) mass is 472 g/mol. The van der Waals surface area contributed by atoms with Crippen molar-refractivity contribution in [2.24, 2.45) is 5.92 Å². The molecule has 0 fully saturated rings. The number of unbranched alkanes of at least 4 members (excludes halogenated alkanes) is 4. The lowest BCUT2D eigenvalue weighted by Gasteiger charge is -2.08. The van der Waals surface area contributed by atoms with E-state index in [2.05, 4.69) is 55.0 Å². The second-order valence-corrected chi connectivity index (χ2v) is 9.56. The Balaban J connectivity index is 1.50. The summed E-state index contributed by atoms with van der Waals surface area (Å²) in [5, 5.41) is 0. The molecule has 4 heteroatoms. The van der Waals surface area contributed by atoms with Gasteiger partial charge in [-0.15, -0.1) is 0 Å². The van der Waals surface area contributed by atoms with E-state index in [4.69, 9.17) is 4.74 Å². The molecule has 0 amide bonds. The summed E-state index contributed by atoms with van der Waals surface area (Å²) in [6.45, 7) is 6.70. The fourth-order valence-electron chi connectivity index (χ4n) is 4.07. The third kappa shape index (κ3) is 8.93. The highest BCUT2D eigenvalue weighted by Crippen LogP contribution is 2.24. The molecule has 0 aliphatic carbocycles. The van der Waals surface area contributed by atoms with Crippen LogP contribution in [0.2, 0.25) is 0 Å². The summed E-state index contributed by atoms with van der Waals surface area (Å²) in [4.78, 5) is 21.3. The molecule has 186 valence electrons. The van der Waals surface area contributed by atoms with E-state index in [0.717, 1.165) is 47.7 Å². The zero-order valence-corrected chi connectivity index (χ0v) is 21.6. The van der Waals surface area contributed by atoms with Gasteiger partial charge in [0.25, 0.3) is 0 Å². The first kappa shape index (κ1) is 26.6. The number of carbonyl (C=O) groups is 1. The summed E-state index contributed by atoms with van der Waals surface area (Å²) < 4.78 is 5.49. The normalized spacial score (nSPS) is 11.9. The molecule has 0 N–H and O–H groups in total. The van der Waals surface area contributed by atoms with Crippen molar-refractivity contribution in [1.29, 1.82) is 0 Å².